The van der Waals surface area contributed by atoms with E-state index < -0.39 is 41.9 Å². The SMILES string of the molecule is CO/N=C1/[C@@H](OC)C[C@H](C)CC2=C(NCCN(C)C)C(=O)C=C(NC(=O)/C(C)=C/C=C\[C@H](OC)[C@@H](OC(N)=O)/C(C)=C/[C@@H]1C)C2=O. The molecule has 1 heterocycles. The number of nitrogens with two attached hydrogens (primary N) is 1. The number of methoxy groups -OCH3 is 2. The summed E-state index contributed by atoms with van der Waals surface area (Å²) in [4.78, 5) is 59.3. The number of rotatable bonds is 8. The van der Waals surface area contributed by atoms with Crippen LogP contribution in [0.1, 0.15) is 40.5 Å². The first-order valence-corrected chi connectivity index (χ1v) is 15.1. The second kappa shape index (κ2) is 18.2. The molecule has 0 aromatic carbocycles. The number of oxime groups is 1. The number of ether oxygens (including phenoxy) is 3. The van der Waals surface area contributed by atoms with Crippen molar-refractivity contribution in [2.45, 2.75) is 58.8 Å². The smallest absolute Gasteiger partial charge is 0.405 e. The van der Waals surface area contributed by atoms with Crippen molar-refractivity contribution in [2.24, 2.45) is 22.7 Å². The van der Waals surface area contributed by atoms with Crippen molar-refractivity contribution in [1.82, 2.24) is 15.5 Å². The van der Waals surface area contributed by atoms with Gasteiger partial charge in [0.25, 0.3) is 5.91 Å². The maximum absolute atomic E-state index is 13.8. The monoisotopic (exact) mass is 643 g/mol. The lowest BCUT2D eigenvalue weighted by molar-refractivity contribution is -0.120. The maximum Gasteiger partial charge on any atom is 0.405 e. The number of fused-ring (bicyclic) bond motifs is 2. The summed E-state index contributed by atoms with van der Waals surface area (Å²) in [5, 5.41) is 10.0. The number of Topliss-reactive ketones (excluding diaryl/α,β-unsaturated/α-hetero) is 1. The summed E-state index contributed by atoms with van der Waals surface area (Å²) < 4.78 is 16.9. The van der Waals surface area contributed by atoms with Gasteiger partial charge in [0, 0.05) is 50.4 Å². The van der Waals surface area contributed by atoms with Gasteiger partial charge in [0.1, 0.15) is 13.2 Å². The summed E-state index contributed by atoms with van der Waals surface area (Å²) in [5.41, 5.74) is 7.26. The number of nitrogens with zero attached hydrogens (tertiary/aromatic N) is 2. The average Bonchev–Trinajstić information content (AvgIpc) is 2.98. The van der Waals surface area contributed by atoms with Gasteiger partial charge in [-0.2, -0.15) is 0 Å². The van der Waals surface area contributed by atoms with Gasteiger partial charge in [0.05, 0.1) is 23.2 Å². The molecule has 2 amide bonds. The van der Waals surface area contributed by atoms with E-state index in [1.54, 1.807) is 33.1 Å². The third kappa shape index (κ3) is 10.8. The van der Waals surface area contributed by atoms with Gasteiger partial charge in [-0.25, -0.2) is 4.79 Å². The zero-order chi connectivity index (χ0) is 34.6. The molecule has 5 atom stereocenters. The molecular formula is C33H49N5O8. The van der Waals surface area contributed by atoms with E-state index in [2.05, 4.69) is 15.8 Å². The number of allylic oxidation sites excluding steroid dienone is 5. The average molecular weight is 644 g/mol. The first-order chi connectivity index (χ1) is 21.7. The van der Waals surface area contributed by atoms with Gasteiger partial charge in [-0.1, -0.05) is 43.3 Å². The highest BCUT2D eigenvalue weighted by Gasteiger charge is 2.33. The summed E-state index contributed by atoms with van der Waals surface area (Å²) in [6.45, 7) is 8.28. The second-order valence-electron chi connectivity index (χ2n) is 11.7. The molecule has 0 spiro atoms. The van der Waals surface area contributed by atoms with Gasteiger partial charge < -0.3 is 40.3 Å². The van der Waals surface area contributed by atoms with Crippen LogP contribution in [-0.4, -0.2) is 101 Å². The van der Waals surface area contributed by atoms with Crippen LogP contribution in [0.4, 0.5) is 4.79 Å². The number of carbonyl (C=O) groups excluding carboxylic acids is 4. The second-order valence-corrected chi connectivity index (χ2v) is 11.7. The van der Waals surface area contributed by atoms with Gasteiger partial charge in [-0.3, -0.25) is 14.4 Å². The highest BCUT2D eigenvalue weighted by Crippen LogP contribution is 2.28. The first kappa shape index (κ1) is 38.1. The summed E-state index contributed by atoms with van der Waals surface area (Å²) >= 11 is 0. The minimum Gasteiger partial charge on any atom is -0.439 e. The van der Waals surface area contributed by atoms with E-state index in [1.807, 2.05) is 38.9 Å². The molecular weight excluding hydrogens is 594 g/mol. The molecule has 0 aromatic rings. The quantitative estimate of drug-likeness (QED) is 0.203. The lowest BCUT2D eigenvalue weighted by atomic mass is 9.85. The fraction of sp³-hybridized carbons (Fsp3) is 0.545. The number of amides is 2. The topological polar surface area (TPSA) is 171 Å². The first-order valence-electron chi connectivity index (χ1n) is 15.1. The number of ketones is 2. The van der Waals surface area contributed by atoms with Gasteiger partial charge in [-0.15, -0.1) is 0 Å². The fourth-order valence-electron chi connectivity index (χ4n) is 5.28. The highest BCUT2D eigenvalue weighted by molar-refractivity contribution is 6.23. The largest absolute Gasteiger partial charge is 0.439 e. The Kier molecular flexibility index (Phi) is 15.1. The molecule has 254 valence electrons. The van der Waals surface area contributed by atoms with Crippen LogP contribution in [0.3, 0.4) is 0 Å². The number of nitrogens with one attached hydrogen (secondary N) is 2. The van der Waals surface area contributed by atoms with Gasteiger partial charge in [0.2, 0.25) is 11.6 Å². The van der Waals surface area contributed by atoms with Crippen molar-refractivity contribution >= 4 is 29.3 Å². The van der Waals surface area contributed by atoms with Crippen LogP contribution in [0.25, 0.3) is 0 Å². The third-order valence-electron chi connectivity index (χ3n) is 7.68. The van der Waals surface area contributed by atoms with Crippen molar-refractivity contribution in [3.05, 3.63) is 58.5 Å². The highest BCUT2D eigenvalue weighted by atomic mass is 16.6. The Balaban J connectivity index is 2.69. The molecule has 13 heteroatoms. The van der Waals surface area contributed by atoms with E-state index in [-0.39, 0.29) is 40.8 Å². The molecule has 1 aliphatic carbocycles. The van der Waals surface area contributed by atoms with Crippen LogP contribution in [0.15, 0.2) is 63.6 Å². The molecule has 1 aliphatic heterocycles. The molecule has 0 aromatic heterocycles. The van der Waals surface area contributed by atoms with E-state index in [1.165, 1.54) is 20.3 Å². The van der Waals surface area contributed by atoms with Crippen molar-refractivity contribution in [3.63, 3.8) is 0 Å². The summed E-state index contributed by atoms with van der Waals surface area (Å²) in [6, 6.07) is 0. The number of hydrogen-bond acceptors (Lipinski definition) is 11. The molecule has 46 heavy (non-hydrogen) atoms. The molecule has 0 unspecified atom stereocenters. The minimum absolute atomic E-state index is 0.104. The minimum atomic E-state index is -0.983. The molecule has 13 nitrogen and oxygen atoms in total. The Morgan fingerprint density at radius 3 is 2.41 bits per heavy atom. The third-order valence-corrected chi connectivity index (χ3v) is 7.68. The summed E-state index contributed by atoms with van der Waals surface area (Å²) in [7, 11) is 8.27. The summed E-state index contributed by atoms with van der Waals surface area (Å²) in [5.74, 6) is -1.92. The molecule has 0 fully saturated rings. The van der Waals surface area contributed by atoms with E-state index >= 15 is 0 Å². The number of likely N-dealkylation sites (N-methyl/N-ethyl adjacent to an activating group) is 1. The Hall–Kier alpha value is -4.07. The van der Waals surface area contributed by atoms with E-state index in [4.69, 9.17) is 24.8 Å². The van der Waals surface area contributed by atoms with E-state index in [0.29, 0.717) is 30.8 Å². The Morgan fingerprint density at radius 2 is 1.83 bits per heavy atom. The summed E-state index contributed by atoms with van der Waals surface area (Å²) in [6.07, 6.45) is 5.20. The van der Waals surface area contributed by atoms with Crippen LogP contribution < -0.4 is 16.4 Å². The Labute approximate surface area is 271 Å². The van der Waals surface area contributed by atoms with Crippen LogP contribution in [0.5, 0.6) is 0 Å². The fourth-order valence-corrected chi connectivity index (χ4v) is 5.28. The normalized spacial score (nSPS) is 29.3. The standard InChI is InChI=1S/C33H49N5O8/c1-19-15-23-29(35-13-14-38(5)6)25(39)18-24(30(23)40)36-32(41)20(2)11-10-12-26(43-7)31(46-33(34)42)22(4)17-21(3)28(37-45-9)27(16-19)44-8/h10-12,17-19,21,26-27,31,35H,13-16H2,1-9H3,(H2,34,42)(H,36,41)/b12-10-,20-11+,22-17+,37-28+/t19-,21+,26+,27+,31+/m1/s1. The molecule has 0 saturated heterocycles. The molecule has 0 radical (unpaired) electrons. The molecule has 2 aliphatic rings. The molecule has 4 N–H and O–H groups in total. The van der Waals surface area contributed by atoms with Crippen LogP contribution in [0, 0.1) is 11.8 Å². The van der Waals surface area contributed by atoms with Crippen molar-refractivity contribution < 1.29 is 38.2 Å². The Bertz CT molecular complexity index is 1330. The molecule has 2 bridgehead atoms. The maximum atomic E-state index is 13.8. The van der Waals surface area contributed by atoms with E-state index in [0.717, 1.165) is 6.08 Å². The van der Waals surface area contributed by atoms with Crippen molar-refractivity contribution in [2.75, 3.05) is 48.5 Å². The number of primary amides is 1. The predicted octanol–water partition coefficient (Wildman–Crippen LogP) is 2.55. The van der Waals surface area contributed by atoms with Crippen LogP contribution in [-0.2, 0) is 33.4 Å². The van der Waals surface area contributed by atoms with E-state index in [9.17, 15) is 19.2 Å². The van der Waals surface area contributed by atoms with Crippen LogP contribution in [0.2, 0.25) is 0 Å². The van der Waals surface area contributed by atoms with Crippen LogP contribution >= 0.6 is 0 Å². The lowest BCUT2D eigenvalue weighted by Gasteiger charge is -2.27. The van der Waals surface area contributed by atoms with Gasteiger partial charge in [0.15, 0.2) is 6.10 Å². The Morgan fingerprint density at radius 1 is 1.13 bits per heavy atom. The lowest BCUT2D eigenvalue weighted by Crippen LogP contribution is -2.38. The zero-order valence-corrected chi connectivity index (χ0v) is 28.3. The molecule has 2 rings (SSSR count). The number of carbonyl (C=O) groups is 4. The van der Waals surface area contributed by atoms with Crippen molar-refractivity contribution in [1.29, 1.82) is 0 Å². The zero-order valence-electron chi connectivity index (χ0n) is 28.3. The number of hydrogen-bond donors (Lipinski definition) is 3. The molecule has 0 saturated carbocycles. The van der Waals surface area contributed by atoms with Gasteiger partial charge in [-0.05, 0) is 52.3 Å². The van der Waals surface area contributed by atoms with Gasteiger partial charge >= 0.3 is 6.09 Å². The predicted molar refractivity (Wildman–Crippen MR) is 175 cm³/mol. The van der Waals surface area contributed by atoms with Crippen molar-refractivity contribution in [3.8, 4) is 0 Å².